The van der Waals surface area contributed by atoms with Crippen LogP contribution in [0.25, 0.3) is 0 Å². The average molecular weight is 427 g/mol. The van der Waals surface area contributed by atoms with E-state index in [1.54, 1.807) is 13.1 Å². The van der Waals surface area contributed by atoms with Crippen molar-refractivity contribution < 1.29 is 23.4 Å². The minimum absolute atomic E-state index is 0.159. The molecule has 0 spiro atoms. The Morgan fingerprint density at radius 3 is 2.80 bits per heavy atom. The van der Waals surface area contributed by atoms with Crippen LogP contribution >= 0.6 is 0 Å². The van der Waals surface area contributed by atoms with Gasteiger partial charge in [0, 0.05) is 25.0 Å². The lowest BCUT2D eigenvalue weighted by Gasteiger charge is -2.22. The minimum Gasteiger partial charge on any atom is -0.393 e. The topological polar surface area (TPSA) is 109 Å². The maximum atomic E-state index is 12.6. The molecule has 1 atom stereocenters. The molecule has 8 nitrogen and oxygen atoms in total. The summed E-state index contributed by atoms with van der Waals surface area (Å²) in [5, 5.41) is 15.4. The summed E-state index contributed by atoms with van der Waals surface area (Å²) >= 11 is 0. The van der Waals surface area contributed by atoms with Gasteiger partial charge in [0.05, 0.1) is 12.7 Å². The summed E-state index contributed by atoms with van der Waals surface area (Å²) in [5.41, 5.74) is 0.159. The molecule has 0 radical (unpaired) electrons. The number of aliphatic hydroxyl groups is 1. The second-order valence-electron chi connectivity index (χ2n) is 7.53. The molecule has 168 valence electrons. The first-order valence-electron chi connectivity index (χ1n) is 10.4. The molecule has 1 aliphatic rings. The first-order valence-corrected chi connectivity index (χ1v) is 10.4. The number of anilines is 1. The number of aliphatic imine (C=N–C) groups is 1. The highest BCUT2D eigenvalue weighted by Gasteiger charge is 2.20. The number of alkyl halides is 2. The highest BCUT2D eigenvalue weighted by Crippen LogP contribution is 2.24. The van der Waals surface area contributed by atoms with Gasteiger partial charge in [-0.15, -0.1) is 0 Å². The van der Waals surface area contributed by atoms with Gasteiger partial charge in [-0.25, -0.2) is 9.98 Å². The van der Waals surface area contributed by atoms with Crippen LogP contribution in [-0.4, -0.2) is 59.1 Å². The quantitative estimate of drug-likeness (QED) is 0.369. The third-order valence-electron chi connectivity index (χ3n) is 4.83. The molecule has 1 heterocycles. The number of carbonyl (C=O) groups excluding carboxylic acids is 1. The second kappa shape index (κ2) is 12.5. The Labute approximate surface area is 175 Å². The van der Waals surface area contributed by atoms with E-state index >= 15 is 0 Å². The third-order valence-corrected chi connectivity index (χ3v) is 4.83. The lowest BCUT2D eigenvalue weighted by Crippen LogP contribution is -2.36. The Balaban J connectivity index is 2.12. The van der Waals surface area contributed by atoms with Gasteiger partial charge in [-0.3, -0.25) is 4.79 Å². The van der Waals surface area contributed by atoms with E-state index in [1.165, 1.54) is 6.20 Å². The van der Waals surface area contributed by atoms with E-state index < -0.39 is 18.6 Å². The number of nitrogens with one attached hydrogen (secondary N) is 2. The predicted octanol–water partition coefficient (Wildman–Crippen LogP) is 3.30. The van der Waals surface area contributed by atoms with Crippen molar-refractivity contribution in [3.63, 3.8) is 0 Å². The molecule has 0 aromatic carbocycles. The number of carbonyl (C=O) groups is 1. The van der Waals surface area contributed by atoms with Crippen molar-refractivity contribution in [1.29, 1.82) is 0 Å². The van der Waals surface area contributed by atoms with Gasteiger partial charge in [0.25, 0.3) is 5.91 Å². The van der Waals surface area contributed by atoms with Gasteiger partial charge in [-0.2, -0.15) is 13.8 Å². The maximum absolute atomic E-state index is 12.6. The molecule has 10 heteroatoms. The predicted molar refractivity (Wildman–Crippen MR) is 110 cm³/mol. The molecule has 1 aliphatic carbocycles. The van der Waals surface area contributed by atoms with E-state index in [-0.39, 0.29) is 30.0 Å². The summed E-state index contributed by atoms with van der Waals surface area (Å²) in [4.78, 5) is 25.6. The van der Waals surface area contributed by atoms with E-state index in [1.807, 2.05) is 0 Å². The summed E-state index contributed by atoms with van der Waals surface area (Å²) in [6.45, 7) is 1.14. The van der Waals surface area contributed by atoms with Crippen LogP contribution in [0.3, 0.4) is 0 Å². The minimum atomic E-state index is -2.89. The van der Waals surface area contributed by atoms with Crippen LogP contribution in [0.15, 0.2) is 11.2 Å². The number of hydrogen-bond acceptors (Lipinski definition) is 7. The number of aliphatic hydroxyl groups excluding tert-OH is 1. The molecule has 1 saturated carbocycles. The Morgan fingerprint density at radius 1 is 1.40 bits per heavy atom. The molecule has 0 aliphatic heterocycles. The first kappa shape index (κ1) is 24.1. The van der Waals surface area contributed by atoms with Crippen molar-refractivity contribution in [3.05, 3.63) is 11.8 Å². The van der Waals surface area contributed by atoms with Crippen molar-refractivity contribution in [2.45, 2.75) is 71.1 Å². The molecule has 0 unspecified atom stereocenters. The molecule has 1 aromatic heterocycles. The lowest BCUT2D eigenvalue weighted by atomic mass is 9.88. The molecule has 3 N–H and O–H groups in total. The first-order chi connectivity index (χ1) is 14.4. The smallest absolute Gasteiger partial charge is 0.345 e. The fourth-order valence-corrected chi connectivity index (χ4v) is 3.08. The number of ether oxygens (including phenoxy) is 1. The van der Waals surface area contributed by atoms with Crippen LogP contribution in [0, 0.1) is 5.92 Å². The zero-order chi connectivity index (χ0) is 21.9. The maximum Gasteiger partial charge on any atom is 0.345 e. The summed E-state index contributed by atoms with van der Waals surface area (Å²) in [6.07, 6.45) is 7.95. The molecule has 2 rings (SSSR count). The zero-order valence-electron chi connectivity index (χ0n) is 17.5. The summed E-state index contributed by atoms with van der Waals surface area (Å²) in [7, 11) is 0. The summed E-state index contributed by atoms with van der Waals surface area (Å²) in [6, 6.07) is -0.620. The van der Waals surface area contributed by atoms with Crippen molar-refractivity contribution >= 4 is 23.9 Å². The number of rotatable bonds is 11. The van der Waals surface area contributed by atoms with Crippen LogP contribution in [0.5, 0.6) is 0 Å². The number of aromatic nitrogens is 2. The number of nitrogens with zero attached hydrogens (tertiary/aromatic N) is 3. The number of hydrogen-bond donors (Lipinski definition) is 3. The van der Waals surface area contributed by atoms with Crippen LogP contribution in [0.1, 0.15) is 62.7 Å². The van der Waals surface area contributed by atoms with Crippen LogP contribution in [-0.2, 0) is 4.74 Å². The van der Waals surface area contributed by atoms with Gasteiger partial charge < -0.3 is 20.5 Å². The number of halogens is 2. The number of amides is 1. The molecule has 0 bridgehead atoms. The van der Waals surface area contributed by atoms with Crippen molar-refractivity contribution in [2.75, 3.05) is 18.5 Å². The molecule has 1 aromatic rings. The second-order valence-corrected chi connectivity index (χ2v) is 7.53. The van der Waals surface area contributed by atoms with Gasteiger partial charge in [-0.05, 0) is 44.9 Å². The average Bonchev–Trinajstić information content (AvgIpc) is 2.72. The Kier molecular flexibility index (Phi) is 10.0. The van der Waals surface area contributed by atoms with Gasteiger partial charge in [-0.1, -0.05) is 13.3 Å². The van der Waals surface area contributed by atoms with Crippen molar-refractivity contribution in [1.82, 2.24) is 15.3 Å². The molecule has 1 amide bonds. The zero-order valence-corrected chi connectivity index (χ0v) is 17.5. The molecule has 1 fully saturated rings. The van der Waals surface area contributed by atoms with E-state index in [4.69, 9.17) is 0 Å². The SMILES string of the molecule is CCCCNc1ncc(C(=O)N[C@H](C)COC(F)F)c(N=CC2CCC(O)CC2)n1. The highest BCUT2D eigenvalue weighted by atomic mass is 19.3. The Hall–Kier alpha value is -2.20. The van der Waals surface area contributed by atoms with Crippen molar-refractivity contribution in [3.8, 4) is 0 Å². The van der Waals surface area contributed by atoms with E-state index in [2.05, 4.69) is 37.3 Å². The van der Waals surface area contributed by atoms with Gasteiger partial charge in [0.15, 0.2) is 5.82 Å². The van der Waals surface area contributed by atoms with Gasteiger partial charge >= 0.3 is 6.61 Å². The fourth-order valence-electron chi connectivity index (χ4n) is 3.08. The standard InChI is InChI=1S/C20H31F2N5O3/c1-3-4-9-23-20-25-11-16(18(29)26-13(2)12-30-19(21)22)17(27-20)24-10-14-5-7-15(28)8-6-14/h10-11,13-15,19,28H,3-9,12H2,1-2H3,(H,26,29)(H,23,25,27)/t13-,14?,15?/m1/s1. The van der Waals surface area contributed by atoms with E-state index in [0.717, 1.165) is 38.5 Å². The van der Waals surface area contributed by atoms with Crippen LogP contribution in [0.4, 0.5) is 20.5 Å². The molecule has 30 heavy (non-hydrogen) atoms. The normalized spacial score (nSPS) is 20.5. The monoisotopic (exact) mass is 427 g/mol. The Bertz CT molecular complexity index is 697. The van der Waals surface area contributed by atoms with Gasteiger partial charge in [0.2, 0.25) is 5.95 Å². The molecule has 0 saturated heterocycles. The largest absolute Gasteiger partial charge is 0.393 e. The van der Waals surface area contributed by atoms with Crippen LogP contribution in [0.2, 0.25) is 0 Å². The van der Waals surface area contributed by atoms with Crippen LogP contribution < -0.4 is 10.6 Å². The third kappa shape index (κ3) is 8.27. The molecular weight excluding hydrogens is 396 g/mol. The fraction of sp³-hybridized carbons (Fsp3) is 0.700. The number of unbranched alkanes of at least 4 members (excludes halogenated alkanes) is 1. The Morgan fingerprint density at radius 2 is 2.13 bits per heavy atom. The van der Waals surface area contributed by atoms with Crippen molar-refractivity contribution in [2.24, 2.45) is 10.9 Å². The summed E-state index contributed by atoms with van der Waals surface area (Å²) < 4.78 is 28.6. The highest BCUT2D eigenvalue weighted by molar-refractivity contribution is 5.98. The van der Waals surface area contributed by atoms with Gasteiger partial charge in [0.1, 0.15) is 5.56 Å². The lowest BCUT2D eigenvalue weighted by molar-refractivity contribution is -0.132. The summed E-state index contributed by atoms with van der Waals surface area (Å²) in [5.74, 6) is 0.288. The van der Waals surface area contributed by atoms with E-state index in [0.29, 0.717) is 12.5 Å². The van der Waals surface area contributed by atoms with E-state index in [9.17, 15) is 18.7 Å². The molecular formula is C20H31F2N5O3.